The molecule has 4 aromatic heterocycles. The number of nitrogens with one attached hydrogen (secondary N) is 2. The number of fused-ring (bicyclic) bond motifs is 2. The lowest BCUT2D eigenvalue weighted by atomic mass is 9.98. The number of amides is 1. The van der Waals surface area contributed by atoms with Crippen LogP contribution in [0.4, 0.5) is 0 Å². The van der Waals surface area contributed by atoms with E-state index in [4.69, 9.17) is 0 Å². The van der Waals surface area contributed by atoms with Crippen molar-refractivity contribution < 1.29 is 4.79 Å². The largest absolute Gasteiger partial charge is 0.343 e. The number of aromatic nitrogens is 5. The van der Waals surface area contributed by atoms with E-state index in [1.54, 1.807) is 10.8 Å². The van der Waals surface area contributed by atoms with Crippen LogP contribution in [0.2, 0.25) is 0 Å². The van der Waals surface area contributed by atoms with Crippen LogP contribution in [0.3, 0.4) is 0 Å². The summed E-state index contributed by atoms with van der Waals surface area (Å²) in [4.78, 5) is 23.1. The third-order valence-electron chi connectivity index (χ3n) is 6.73. The van der Waals surface area contributed by atoms with Crippen molar-refractivity contribution in [3.8, 4) is 11.1 Å². The van der Waals surface area contributed by atoms with E-state index in [2.05, 4.69) is 36.4 Å². The van der Waals surface area contributed by atoms with Crippen molar-refractivity contribution in [2.75, 3.05) is 26.2 Å². The number of pyridine rings is 1. The average molecular weight is 416 g/mol. The molecule has 2 aliphatic heterocycles. The summed E-state index contributed by atoms with van der Waals surface area (Å²) >= 11 is 0. The Labute approximate surface area is 179 Å². The fourth-order valence-corrected chi connectivity index (χ4v) is 5.08. The highest BCUT2D eigenvalue weighted by atomic mass is 16.2. The molecule has 8 heteroatoms. The molecule has 0 radical (unpaired) electrons. The molecular formula is C23H25N7O. The van der Waals surface area contributed by atoms with Crippen molar-refractivity contribution in [1.29, 1.82) is 0 Å². The second-order valence-corrected chi connectivity index (χ2v) is 8.62. The Hall–Kier alpha value is -3.26. The van der Waals surface area contributed by atoms with Gasteiger partial charge in [0.15, 0.2) is 0 Å². The molecule has 4 aromatic rings. The van der Waals surface area contributed by atoms with Gasteiger partial charge in [-0.15, -0.1) is 0 Å². The van der Waals surface area contributed by atoms with Gasteiger partial charge in [-0.25, -0.2) is 4.98 Å². The molecule has 2 fully saturated rings. The Morgan fingerprint density at radius 1 is 1.13 bits per heavy atom. The molecule has 2 atom stereocenters. The molecule has 2 saturated heterocycles. The summed E-state index contributed by atoms with van der Waals surface area (Å²) in [7, 11) is 0. The van der Waals surface area contributed by atoms with E-state index in [0.717, 1.165) is 78.8 Å². The van der Waals surface area contributed by atoms with Gasteiger partial charge in [0.2, 0.25) is 5.91 Å². The zero-order valence-corrected chi connectivity index (χ0v) is 17.3. The molecule has 2 aliphatic rings. The summed E-state index contributed by atoms with van der Waals surface area (Å²) < 4.78 is 1.65. The van der Waals surface area contributed by atoms with Crippen LogP contribution >= 0.6 is 0 Å². The van der Waals surface area contributed by atoms with Gasteiger partial charge in [0.1, 0.15) is 5.65 Å². The van der Waals surface area contributed by atoms with Gasteiger partial charge in [-0.05, 0) is 55.6 Å². The monoisotopic (exact) mass is 415 g/mol. The number of carbonyl (C=O) groups excluding carboxylic acids is 1. The van der Waals surface area contributed by atoms with Crippen molar-refractivity contribution in [2.24, 2.45) is 5.92 Å². The van der Waals surface area contributed by atoms with Crippen LogP contribution in [0.5, 0.6) is 0 Å². The van der Waals surface area contributed by atoms with Crippen LogP contribution in [0.1, 0.15) is 30.9 Å². The smallest absolute Gasteiger partial charge is 0.226 e. The number of likely N-dealkylation sites (tertiary alicyclic amines) is 1. The standard InChI is InChI=1S/C23H25N7O/c31-23(15-3-1-7-24-12-15)29-10-6-16(14-29)20-11-18-17(5-9-25-22(18)28-20)19-13-27-30-21(19)4-2-8-26-30/h2,4-5,8-9,11,13,15-16,24H,1,3,6-7,10,12,14H2,(H,25,28). The molecule has 0 saturated carbocycles. The quantitative estimate of drug-likeness (QED) is 0.537. The molecular weight excluding hydrogens is 390 g/mol. The van der Waals surface area contributed by atoms with Crippen molar-refractivity contribution in [3.05, 3.63) is 48.5 Å². The number of hydrogen-bond acceptors (Lipinski definition) is 5. The minimum absolute atomic E-state index is 0.132. The molecule has 6 rings (SSSR count). The van der Waals surface area contributed by atoms with Crippen LogP contribution in [-0.2, 0) is 4.79 Å². The Morgan fingerprint density at radius 2 is 2.10 bits per heavy atom. The van der Waals surface area contributed by atoms with Crippen molar-refractivity contribution in [2.45, 2.75) is 25.2 Å². The van der Waals surface area contributed by atoms with Gasteiger partial charge in [-0.3, -0.25) is 4.79 Å². The summed E-state index contributed by atoms with van der Waals surface area (Å²) in [6, 6.07) is 8.19. The van der Waals surface area contributed by atoms with E-state index in [1.807, 2.05) is 30.6 Å². The third-order valence-corrected chi connectivity index (χ3v) is 6.73. The number of piperidine rings is 1. The van der Waals surface area contributed by atoms with Gasteiger partial charge in [0, 0.05) is 54.6 Å². The Morgan fingerprint density at radius 3 is 3.00 bits per heavy atom. The molecule has 31 heavy (non-hydrogen) atoms. The molecule has 0 bridgehead atoms. The van der Waals surface area contributed by atoms with Crippen molar-refractivity contribution in [1.82, 2.24) is 35.0 Å². The van der Waals surface area contributed by atoms with Gasteiger partial charge in [-0.2, -0.15) is 14.8 Å². The second kappa shape index (κ2) is 7.46. The fourth-order valence-electron chi connectivity index (χ4n) is 5.08. The SMILES string of the molecule is O=C(C1CCCNC1)N1CCC(c2cc3c(-c4cnn5ncccc45)ccnc3[nH]2)C1. The topological polar surface area (TPSA) is 91.2 Å². The lowest BCUT2D eigenvalue weighted by molar-refractivity contribution is -0.135. The first kappa shape index (κ1) is 18.5. The summed E-state index contributed by atoms with van der Waals surface area (Å²) in [6.45, 7) is 3.45. The summed E-state index contributed by atoms with van der Waals surface area (Å²) in [5.74, 6) is 0.754. The lowest BCUT2D eigenvalue weighted by Crippen LogP contribution is -2.42. The molecule has 2 unspecified atom stereocenters. The van der Waals surface area contributed by atoms with Crippen LogP contribution < -0.4 is 5.32 Å². The minimum atomic E-state index is 0.132. The first-order valence-corrected chi connectivity index (χ1v) is 11.0. The molecule has 8 nitrogen and oxygen atoms in total. The highest BCUT2D eigenvalue weighted by Crippen LogP contribution is 2.35. The van der Waals surface area contributed by atoms with Gasteiger partial charge in [0.05, 0.1) is 17.6 Å². The van der Waals surface area contributed by atoms with Gasteiger partial charge >= 0.3 is 0 Å². The van der Waals surface area contributed by atoms with Crippen LogP contribution in [0.25, 0.3) is 27.7 Å². The maximum Gasteiger partial charge on any atom is 0.226 e. The molecule has 0 spiro atoms. The van der Waals surface area contributed by atoms with Crippen molar-refractivity contribution in [3.63, 3.8) is 0 Å². The highest BCUT2D eigenvalue weighted by Gasteiger charge is 2.33. The number of hydrogen-bond donors (Lipinski definition) is 2. The number of H-pyrrole nitrogens is 1. The number of rotatable bonds is 3. The zero-order valence-electron chi connectivity index (χ0n) is 17.3. The fraction of sp³-hybridized carbons (Fsp3) is 0.391. The first-order valence-electron chi connectivity index (χ1n) is 11.0. The summed E-state index contributed by atoms with van der Waals surface area (Å²) in [5.41, 5.74) is 5.13. The molecule has 0 aromatic carbocycles. The Balaban J connectivity index is 1.29. The van der Waals surface area contributed by atoms with E-state index in [9.17, 15) is 4.79 Å². The van der Waals surface area contributed by atoms with Crippen LogP contribution in [0, 0.1) is 5.92 Å². The van der Waals surface area contributed by atoms with Gasteiger partial charge in [0.25, 0.3) is 0 Å². The highest BCUT2D eigenvalue weighted by molar-refractivity contribution is 5.97. The molecule has 1 amide bonds. The molecule has 0 aliphatic carbocycles. The van der Waals surface area contributed by atoms with E-state index in [1.165, 1.54) is 0 Å². The molecule has 158 valence electrons. The predicted molar refractivity (Wildman–Crippen MR) is 118 cm³/mol. The van der Waals surface area contributed by atoms with E-state index in [0.29, 0.717) is 11.8 Å². The summed E-state index contributed by atoms with van der Waals surface area (Å²) in [6.07, 6.45) is 8.49. The molecule has 2 N–H and O–H groups in total. The lowest BCUT2D eigenvalue weighted by Gasteiger charge is -2.26. The molecule has 6 heterocycles. The minimum Gasteiger partial charge on any atom is -0.343 e. The Bertz CT molecular complexity index is 1250. The maximum atomic E-state index is 12.9. The van der Waals surface area contributed by atoms with Crippen LogP contribution in [0.15, 0.2) is 42.9 Å². The van der Waals surface area contributed by atoms with Gasteiger partial charge in [-0.1, -0.05) is 0 Å². The number of nitrogens with zero attached hydrogens (tertiary/aromatic N) is 5. The third kappa shape index (κ3) is 3.18. The zero-order chi connectivity index (χ0) is 20.8. The number of carbonyl (C=O) groups is 1. The number of aromatic amines is 1. The predicted octanol–water partition coefficient (Wildman–Crippen LogP) is 2.59. The van der Waals surface area contributed by atoms with Gasteiger partial charge < -0.3 is 15.2 Å². The Kier molecular flexibility index (Phi) is 4.45. The van der Waals surface area contributed by atoms with E-state index in [-0.39, 0.29) is 5.92 Å². The van der Waals surface area contributed by atoms with Crippen molar-refractivity contribution >= 4 is 22.5 Å². The van der Waals surface area contributed by atoms with E-state index < -0.39 is 0 Å². The normalized spacial score (nSPS) is 21.9. The first-order chi connectivity index (χ1) is 15.3. The second-order valence-electron chi connectivity index (χ2n) is 8.62. The maximum absolute atomic E-state index is 12.9. The van der Waals surface area contributed by atoms with Crippen LogP contribution in [-0.4, -0.2) is 61.8 Å². The summed E-state index contributed by atoms with van der Waals surface area (Å²) in [5, 5.41) is 13.1. The average Bonchev–Trinajstić information content (AvgIpc) is 3.56. The van der Waals surface area contributed by atoms with E-state index >= 15 is 0 Å².